The maximum absolute atomic E-state index is 5.01. The fourth-order valence-corrected chi connectivity index (χ4v) is 1.56. The number of pyridine rings is 1. The van der Waals surface area contributed by atoms with Crippen LogP contribution in [-0.4, -0.2) is 18.6 Å². The fraction of sp³-hybridized carbons (Fsp3) is 0.381. The lowest BCUT2D eigenvalue weighted by Crippen LogP contribution is -2.12. The Balaban J connectivity index is 0. The van der Waals surface area contributed by atoms with Gasteiger partial charge in [0, 0.05) is 24.6 Å². The van der Waals surface area contributed by atoms with Gasteiger partial charge in [0.05, 0.1) is 7.11 Å². The summed E-state index contributed by atoms with van der Waals surface area (Å²) >= 11 is 0. The van der Waals surface area contributed by atoms with Crippen molar-refractivity contribution in [2.75, 3.05) is 13.7 Å². The monoisotopic (exact) mass is 330 g/mol. The van der Waals surface area contributed by atoms with E-state index in [0.29, 0.717) is 5.76 Å². The molecule has 0 saturated heterocycles. The zero-order chi connectivity index (χ0) is 18.8. The molecule has 0 spiro atoms. The van der Waals surface area contributed by atoms with Gasteiger partial charge >= 0.3 is 0 Å². The van der Waals surface area contributed by atoms with Crippen molar-refractivity contribution in [3.8, 4) is 0 Å². The van der Waals surface area contributed by atoms with Gasteiger partial charge in [-0.05, 0) is 37.1 Å². The highest BCUT2D eigenvalue weighted by Gasteiger charge is 1.93. The molecule has 0 amide bonds. The molecule has 134 valence electrons. The molecule has 0 aromatic carbocycles. The first-order valence-corrected chi connectivity index (χ1v) is 8.53. The van der Waals surface area contributed by atoms with Gasteiger partial charge in [-0.15, -0.1) is 0 Å². The molecule has 0 saturated carbocycles. The minimum Gasteiger partial charge on any atom is -0.497 e. The summed E-state index contributed by atoms with van der Waals surface area (Å²) in [6.07, 6.45) is 10.4. The van der Waals surface area contributed by atoms with Gasteiger partial charge in [0.25, 0.3) is 0 Å². The molecule has 3 nitrogen and oxygen atoms in total. The molecule has 3 heteroatoms. The highest BCUT2D eigenvalue weighted by atomic mass is 16.5. The first-order chi connectivity index (χ1) is 11.6. The van der Waals surface area contributed by atoms with Crippen LogP contribution >= 0.6 is 0 Å². The zero-order valence-electron chi connectivity index (χ0n) is 16.2. The number of nitrogens with one attached hydrogen (secondary N) is 1. The normalized spacial score (nSPS) is 10.0. The van der Waals surface area contributed by atoms with Gasteiger partial charge in [0.15, 0.2) is 0 Å². The molecule has 1 aromatic rings. The summed E-state index contributed by atoms with van der Waals surface area (Å²) in [5.41, 5.74) is 3.16. The minimum atomic E-state index is 0.679. The quantitative estimate of drug-likeness (QED) is 0.487. The van der Waals surface area contributed by atoms with E-state index in [1.165, 1.54) is 5.57 Å². The number of aromatic nitrogens is 1. The van der Waals surface area contributed by atoms with Gasteiger partial charge in [-0.1, -0.05) is 58.6 Å². The number of allylic oxidation sites excluding steroid dienone is 2. The Morgan fingerprint density at radius 3 is 2.46 bits per heavy atom. The first kappa shape index (κ1) is 24.0. The van der Waals surface area contributed by atoms with E-state index in [0.717, 1.165) is 24.2 Å². The number of hydrogen-bond acceptors (Lipinski definition) is 3. The predicted molar refractivity (Wildman–Crippen MR) is 108 cm³/mol. The largest absolute Gasteiger partial charge is 0.497 e. The third-order valence-electron chi connectivity index (χ3n) is 2.70. The summed E-state index contributed by atoms with van der Waals surface area (Å²) < 4.78 is 5.01. The van der Waals surface area contributed by atoms with Gasteiger partial charge in [0.2, 0.25) is 0 Å². The molecule has 1 rings (SSSR count). The Kier molecular flexibility index (Phi) is 17.0. The summed E-state index contributed by atoms with van der Waals surface area (Å²) in [6, 6.07) is 3.91. The van der Waals surface area contributed by atoms with E-state index in [2.05, 4.69) is 30.4 Å². The van der Waals surface area contributed by atoms with Crippen LogP contribution in [-0.2, 0) is 4.74 Å². The van der Waals surface area contributed by atoms with Crippen LogP contribution in [0.15, 0.2) is 66.9 Å². The average Bonchev–Trinajstić information content (AvgIpc) is 2.64. The maximum atomic E-state index is 5.01. The standard InChI is InChI=1S/C17H22N2O.2C2H6/c1-14(12-16(3)20-4)9-11-19-15(2)7-8-17-6-5-10-18-13-17;2*1-2/h5-8,10,12-13,19H,2-3,9,11H2,1,4H3;2*1-2H3/b8-7+,14-12+;;. The van der Waals surface area contributed by atoms with Gasteiger partial charge in [-0.3, -0.25) is 4.98 Å². The average molecular weight is 331 g/mol. The minimum absolute atomic E-state index is 0.679. The van der Waals surface area contributed by atoms with Gasteiger partial charge < -0.3 is 10.1 Å². The van der Waals surface area contributed by atoms with Crippen LogP contribution in [0.5, 0.6) is 0 Å². The summed E-state index contributed by atoms with van der Waals surface area (Å²) in [7, 11) is 1.62. The summed E-state index contributed by atoms with van der Waals surface area (Å²) in [4.78, 5) is 4.05. The van der Waals surface area contributed by atoms with E-state index < -0.39 is 0 Å². The number of nitrogens with zero attached hydrogens (tertiary/aromatic N) is 1. The van der Waals surface area contributed by atoms with Crippen molar-refractivity contribution in [3.05, 3.63) is 72.4 Å². The Morgan fingerprint density at radius 1 is 1.25 bits per heavy atom. The second-order valence-corrected chi connectivity index (χ2v) is 4.48. The Labute approximate surface area is 148 Å². The van der Waals surface area contributed by atoms with E-state index in [1.807, 2.05) is 64.3 Å². The fourth-order valence-electron chi connectivity index (χ4n) is 1.56. The van der Waals surface area contributed by atoms with Crippen molar-refractivity contribution in [2.24, 2.45) is 0 Å². The topological polar surface area (TPSA) is 34.2 Å². The Morgan fingerprint density at radius 2 is 1.92 bits per heavy atom. The van der Waals surface area contributed by atoms with E-state index >= 15 is 0 Å². The van der Waals surface area contributed by atoms with Crippen LogP contribution in [0.4, 0.5) is 0 Å². The molecule has 0 aliphatic carbocycles. The van der Waals surface area contributed by atoms with Crippen LogP contribution in [0.2, 0.25) is 0 Å². The number of methoxy groups -OCH3 is 1. The van der Waals surface area contributed by atoms with Crippen molar-refractivity contribution >= 4 is 6.08 Å². The first-order valence-electron chi connectivity index (χ1n) is 8.53. The van der Waals surface area contributed by atoms with Gasteiger partial charge in [0.1, 0.15) is 5.76 Å². The number of rotatable bonds is 8. The molecule has 0 unspecified atom stereocenters. The summed E-state index contributed by atoms with van der Waals surface area (Å²) in [6.45, 7) is 18.6. The van der Waals surface area contributed by atoms with Crippen molar-refractivity contribution in [3.63, 3.8) is 0 Å². The van der Waals surface area contributed by atoms with E-state index in [1.54, 1.807) is 13.3 Å². The van der Waals surface area contributed by atoms with Crippen LogP contribution in [0.1, 0.15) is 46.6 Å². The highest BCUT2D eigenvalue weighted by molar-refractivity contribution is 5.50. The Bertz CT molecular complexity index is 502. The molecule has 24 heavy (non-hydrogen) atoms. The zero-order valence-corrected chi connectivity index (χ0v) is 16.2. The number of hydrogen-bond donors (Lipinski definition) is 1. The second-order valence-electron chi connectivity index (χ2n) is 4.48. The lowest BCUT2D eigenvalue weighted by molar-refractivity contribution is 0.308. The SMILES string of the molecule is C=C(/C=C/c1cccnc1)NCC/C(C)=C/C(=C)OC.CC.CC. The van der Waals surface area contributed by atoms with E-state index in [9.17, 15) is 0 Å². The van der Waals surface area contributed by atoms with Crippen molar-refractivity contribution < 1.29 is 4.74 Å². The summed E-state index contributed by atoms with van der Waals surface area (Å²) in [5.74, 6) is 0.679. The molecule has 0 aliphatic rings. The third-order valence-corrected chi connectivity index (χ3v) is 2.70. The van der Waals surface area contributed by atoms with Crippen LogP contribution < -0.4 is 5.32 Å². The molecule has 1 N–H and O–H groups in total. The lowest BCUT2D eigenvalue weighted by Gasteiger charge is -2.07. The molecular formula is C21H34N2O. The third kappa shape index (κ3) is 13.4. The molecule has 0 atom stereocenters. The highest BCUT2D eigenvalue weighted by Crippen LogP contribution is 2.05. The van der Waals surface area contributed by atoms with Crippen LogP contribution in [0.25, 0.3) is 6.08 Å². The smallest absolute Gasteiger partial charge is 0.111 e. The molecule has 0 aliphatic heterocycles. The van der Waals surface area contributed by atoms with Crippen molar-refractivity contribution in [1.29, 1.82) is 0 Å². The van der Waals surface area contributed by atoms with Gasteiger partial charge in [-0.25, -0.2) is 0 Å². The van der Waals surface area contributed by atoms with E-state index in [4.69, 9.17) is 4.74 Å². The Hall–Kier alpha value is -2.29. The molecule has 1 heterocycles. The number of ether oxygens (including phenoxy) is 1. The summed E-state index contributed by atoms with van der Waals surface area (Å²) in [5, 5.41) is 3.26. The molecule has 1 aromatic heterocycles. The van der Waals surface area contributed by atoms with Crippen LogP contribution in [0, 0.1) is 0 Å². The maximum Gasteiger partial charge on any atom is 0.111 e. The lowest BCUT2D eigenvalue weighted by atomic mass is 10.2. The van der Waals surface area contributed by atoms with Crippen molar-refractivity contribution in [1.82, 2.24) is 10.3 Å². The van der Waals surface area contributed by atoms with Crippen LogP contribution in [0.3, 0.4) is 0 Å². The molecule has 0 radical (unpaired) electrons. The molecular weight excluding hydrogens is 296 g/mol. The van der Waals surface area contributed by atoms with Crippen molar-refractivity contribution in [2.45, 2.75) is 41.0 Å². The molecule has 0 fully saturated rings. The second kappa shape index (κ2) is 17.1. The predicted octanol–water partition coefficient (Wildman–Crippen LogP) is 5.75. The van der Waals surface area contributed by atoms with Gasteiger partial charge in [-0.2, -0.15) is 0 Å². The van der Waals surface area contributed by atoms with E-state index in [-0.39, 0.29) is 0 Å². The molecule has 0 bridgehead atoms.